The Labute approximate surface area is 178 Å². The fourth-order valence-corrected chi connectivity index (χ4v) is 3.04. The molecule has 2 fully saturated rings. The van der Waals surface area contributed by atoms with Gasteiger partial charge in [0.15, 0.2) is 11.6 Å². The van der Waals surface area contributed by atoms with E-state index < -0.39 is 11.7 Å². The maximum Gasteiger partial charge on any atom is 0.248 e. The number of aromatic nitrogens is 1. The Balaban J connectivity index is 0.000000419. The predicted octanol–water partition coefficient (Wildman–Crippen LogP) is 3.56. The van der Waals surface area contributed by atoms with Crippen LogP contribution in [0.3, 0.4) is 0 Å². The first-order valence-corrected chi connectivity index (χ1v) is 9.80. The quantitative estimate of drug-likeness (QED) is 0.733. The van der Waals surface area contributed by atoms with Crippen LogP contribution in [0.25, 0.3) is 0 Å². The van der Waals surface area contributed by atoms with Crippen LogP contribution in [0.2, 0.25) is 10.0 Å². The number of hydrogen-bond acceptors (Lipinski definition) is 4. The van der Waals surface area contributed by atoms with E-state index in [-0.39, 0.29) is 36.4 Å². The number of halogens is 3. The van der Waals surface area contributed by atoms with Crippen molar-refractivity contribution >= 4 is 40.8 Å². The van der Waals surface area contributed by atoms with Crippen LogP contribution >= 0.6 is 23.2 Å². The second-order valence-corrected chi connectivity index (χ2v) is 7.83. The molecular formula is C20H20Cl2FN3O3. The second kappa shape index (κ2) is 9.52. The minimum atomic E-state index is -0.741. The average Bonchev–Trinajstić information content (AvgIpc) is 2.65. The molecular weight excluding hydrogens is 420 g/mol. The first kappa shape index (κ1) is 21.5. The van der Waals surface area contributed by atoms with E-state index in [1.807, 2.05) is 0 Å². The zero-order valence-electron chi connectivity index (χ0n) is 15.8. The summed E-state index contributed by atoms with van der Waals surface area (Å²) in [5, 5.41) is 0.715. The fraction of sp³-hybridized carbons (Fsp3) is 0.350. The van der Waals surface area contributed by atoms with Gasteiger partial charge in [-0.3, -0.25) is 14.5 Å². The van der Waals surface area contributed by atoms with E-state index in [2.05, 4.69) is 11.9 Å². The molecule has 0 N–H and O–H groups in total. The number of rotatable bonds is 3. The van der Waals surface area contributed by atoms with Gasteiger partial charge in [0, 0.05) is 23.7 Å². The SMILES string of the molecule is CC1COC1.O=C1CN(c2ncc(Cl)cc2F)C(=O)CN1Cc1ccc(Cl)cc1. The summed E-state index contributed by atoms with van der Waals surface area (Å²) in [6, 6.07) is 8.06. The predicted molar refractivity (Wildman–Crippen MR) is 108 cm³/mol. The van der Waals surface area contributed by atoms with Gasteiger partial charge in [-0.05, 0) is 23.8 Å². The van der Waals surface area contributed by atoms with Gasteiger partial charge in [-0.1, -0.05) is 42.3 Å². The van der Waals surface area contributed by atoms with Crippen LogP contribution in [0.1, 0.15) is 12.5 Å². The van der Waals surface area contributed by atoms with Crippen molar-refractivity contribution in [2.24, 2.45) is 5.92 Å². The van der Waals surface area contributed by atoms with E-state index in [1.165, 1.54) is 11.1 Å². The molecule has 0 bridgehead atoms. The van der Waals surface area contributed by atoms with Crippen LogP contribution in [0, 0.1) is 11.7 Å². The molecule has 2 aromatic rings. The van der Waals surface area contributed by atoms with Crippen LogP contribution in [-0.4, -0.2) is 48.0 Å². The lowest BCUT2D eigenvalue weighted by molar-refractivity contribution is -0.138. The normalized spacial score (nSPS) is 17.0. The highest BCUT2D eigenvalue weighted by molar-refractivity contribution is 6.30. The third kappa shape index (κ3) is 5.65. The lowest BCUT2D eigenvalue weighted by Gasteiger charge is -2.33. The first-order valence-electron chi connectivity index (χ1n) is 9.05. The second-order valence-electron chi connectivity index (χ2n) is 6.96. The molecule has 1 aromatic carbocycles. The van der Waals surface area contributed by atoms with Gasteiger partial charge in [-0.15, -0.1) is 0 Å². The van der Waals surface area contributed by atoms with Crippen LogP contribution in [0.4, 0.5) is 10.2 Å². The van der Waals surface area contributed by atoms with Crippen molar-refractivity contribution in [2.75, 3.05) is 31.2 Å². The van der Waals surface area contributed by atoms with Crippen LogP contribution in [0.15, 0.2) is 36.5 Å². The van der Waals surface area contributed by atoms with Crippen molar-refractivity contribution in [3.63, 3.8) is 0 Å². The van der Waals surface area contributed by atoms with E-state index in [0.29, 0.717) is 5.02 Å². The Morgan fingerprint density at radius 3 is 2.31 bits per heavy atom. The number of hydrogen-bond donors (Lipinski definition) is 0. The highest BCUT2D eigenvalue weighted by atomic mass is 35.5. The number of nitrogens with zero attached hydrogens (tertiary/aromatic N) is 3. The molecule has 6 nitrogen and oxygen atoms in total. The summed E-state index contributed by atoms with van der Waals surface area (Å²) in [4.78, 5) is 30.9. The van der Waals surface area contributed by atoms with Crippen molar-refractivity contribution in [3.05, 3.63) is 58.0 Å². The number of ether oxygens (including phenoxy) is 1. The molecule has 2 aliphatic heterocycles. The lowest BCUT2D eigenvalue weighted by atomic mass is 10.2. The Kier molecular flexibility index (Phi) is 7.05. The number of benzene rings is 1. The minimum Gasteiger partial charge on any atom is -0.381 e. The number of carbonyl (C=O) groups excluding carboxylic acids is 2. The fourth-order valence-electron chi connectivity index (χ4n) is 2.77. The number of anilines is 1. The molecule has 3 heterocycles. The molecule has 1 aromatic heterocycles. The summed E-state index contributed by atoms with van der Waals surface area (Å²) in [6.45, 7) is 4.03. The van der Waals surface area contributed by atoms with Gasteiger partial charge in [0.2, 0.25) is 11.8 Å². The summed E-state index contributed by atoms with van der Waals surface area (Å²) in [7, 11) is 0. The Bertz CT molecular complexity index is 891. The zero-order chi connectivity index (χ0) is 21.0. The maximum atomic E-state index is 13.9. The topological polar surface area (TPSA) is 62.7 Å². The first-order chi connectivity index (χ1) is 13.8. The van der Waals surface area contributed by atoms with Gasteiger partial charge < -0.3 is 9.64 Å². The zero-order valence-corrected chi connectivity index (χ0v) is 17.3. The van der Waals surface area contributed by atoms with Crippen molar-refractivity contribution < 1.29 is 18.7 Å². The molecule has 0 spiro atoms. The molecule has 2 amide bonds. The van der Waals surface area contributed by atoms with Gasteiger partial charge in [-0.2, -0.15) is 0 Å². The van der Waals surface area contributed by atoms with Crippen LogP contribution < -0.4 is 4.90 Å². The van der Waals surface area contributed by atoms with Gasteiger partial charge in [0.25, 0.3) is 0 Å². The summed E-state index contributed by atoms with van der Waals surface area (Å²) in [5.41, 5.74) is 0.852. The molecule has 2 saturated heterocycles. The molecule has 0 unspecified atom stereocenters. The largest absolute Gasteiger partial charge is 0.381 e. The number of carbonyl (C=O) groups is 2. The standard InChI is InChI=1S/C16H12Cl2FN3O2.C4H8O/c17-11-3-1-10(2-4-11)7-21-8-15(24)22(9-14(21)23)16-13(19)5-12(18)6-20-16;1-4-2-5-3-4/h1-6H,7-9H2;4H,2-3H2,1H3. The smallest absolute Gasteiger partial charge is 0.248 e. The molecule has 0 radical (unpaired) electrons. The molecule has 9 heteroatoms. The van der Waals surface area contributed by atoms with Crippen molar-refractivity contribution in [2.45, 2.75) is 13.5 Å². The van der Waals surface area contributed by atoms with Gasteiger partial charge in [0.1, 0.15) is 13.1 Å². The number of pyridine rings is 1. The van der Waals surface area contributed by atoms with Crippen LogP contribution in [0.5, 0.6) is 0 Å². The van der Waals surface area contributed by atoms with E-state index in [1.54, 1.807) is 24.3 Å². The van der Waals surface area contributed by atoms with E-state index in [0.717, 1.165) is 35.7 Å². The van der Waals surface area contributed by atoms with Crippen LogP contribution in [-0.2, 0) is 20.9 Å². The maximum absolute atomic E-state index is 13.9. The number of amides is 2. The molecule has 4 rings (SSSR count). The van der Waals surface area contributed by atoms with Gasteiger partial charge >= 0.3 is 0 Å². The Morgan fingerprint density at radius 2 is 1.76 bits per heavy atom. The molecule has 0 atom stereocenters. The van der Waals surface area contributed by atoms with Crippen molar-refractivity contribution in [3.8, 4) is 0 Å². The molecule has 154 valence electrons. The summed E-state index contributed by atoms with van der Waals surface area (Å²) >= 11 is 11.5. The lowest BCUT2D eigenvalue weighted by Crippen LogP contribution is -2.54. The molecule has 0 saturated carbocycles. The monoisotopic (exact) mass is 439 g/mol. The summed E-state index contributed by atoms with van der Waals surface area (Å²) < 4.78 is 18.8. The third-order valence-electron chi connectivity index (χ3n) is 4.41. The average molecular weight is 440 g/mol. The van der Waals surface area contributed by atoms with E-state index in [9.17, 15) is 14.0 Å². The van der Waals surface area contributed by atoms with E-state index in [4.69, 9.17) is 27.9 Å². The van der Waals surface area contributed by atoms with E-state index >= 15 is 0 Å². The summed E-state index contributed by atoms with van der Waals surface area (Å²) in [5.74, 6) is -0.785. The Morgan fingerprint density at radius 1 is 1.10 bits per heavy atom. The molecule has 0 aliphatic carbocycles. The highest BCUT2D eigenvalue weighted by Crippen LogP contribution is 2.22. The third-order valence-corrected chi connectivity index (χ3v) is 4.87. The Hall–Kier alpha value is -2.22. The minimum absolute atomic E-state index is 0.122. The molecule has 2 aliphatic rings. The van der Waals surface area contributed by atoms with Crippen molar-refractivity contribution in [1.29, 1.82) is 0 Å². The van der Waals surface area contributed by atoms with Gasteiger partial charge in [-0.25, -0.2) is 9.37 Å². The van der Waals surface area contributed by atoms with Gasteiger partial charge in [0.05, 0.1) is 18.2 Å². The highest BCUT2D eigenvalue weighted by Gasteiger charge is 2.33. The number of piperazine rings is 1. The molecule has 29 heavy (non-hydrogen) atoms. The summed E-state index contributed by atoms with van der Waals surface area (Å²) in [6.07, 6.45) is 1.23. The van der Waals surface area contributed by atoms with Crippen molar-refractivity contribution in [1.82, 2.24) is 9.88 Å².